The molecule has 3 rings (SSSR count). The van der Waals surface area contributed by atoms with Crippen molar-refractivity contribution in [1.82, 2.24) is 4.98 Å². The smallest absolute Gasteiger partial charge is 0.230 e. The van der Waals surface area contributed by atoms with Crippen LogP contribution in [-0.2, 0) is 4.79 Å². The second-order valence-electron chi connectivity index (χ2n) is 6.50. The molecule has 0 aliphatic rings. The monoisotopic (exact) mass is 412 g/mol. The summed E-state index contributed by atoms with van der Waals surface area (Å²) in [5, 5.41) is 2.15. The first kappa shape index (κ1) is 20.5. The number of anilines is 2. The Bertz CT molecular complexity index is 1120. The Balaban J connectivity index is 1.84. The van der Waals surface area contributed by atoms with Crippen molar-refractivity contribution in [2.75, 3.05) is 4.90 Å². The summed E-state index contributed by atoms with van der Waals surface area (Å²) in [7, 11) is 0. The highest BCUT2D eigenvalue weighted by Crippen LogP contribution is 2.30. The molecule has 0 spiro atoms. The zero-order chi connectivity index (χ0) is 21.1. The van der Waals surface area contributed by atoms with E-state index in [2.05, 4.69) is 4.98 Å². The van der Waals surface area contributed by atoms with Crippen LogP contribution in [0.15, 0.2) is 47.9 Å². The van der Waals surface area contributed by atoms with Crippen molar-refractivity contribution in [3.63, 3.8) is 0 Å². The second kappa shape index (κ2) is 8.45. The first-order valence-corrected chi connectivity index (χ1v) is 9.65. The van der Waals surface area contributed by atoms with Gasteiger partial charge in [-0.15, -0.1) is 11.3 Å². The number of aromatic nitrogens is 1. The van der Waals surface area contributed by atoms with E-state index in [4.69, 9.17) is 0 Å². The van der Waals surface area contributed by atoms with Crippen LogP contribution >= 0.6 is 11.3 Å². The number of carbonyl (C=O) groups is 2. The quantitative estimate of drug-likeness (QED) is 0.404. The van der Waals surface area contributed by atoms with Crippen molar-refractivity contribution in [2.45, 2.75) is 20.8 Å². The van der Waals surface area contributed by atoms with Gasteiger partial charge in [-0.2, -0.15) is 0 Å². The lowest BCUT2D eigenvalue weighted by atomic mass is 10.1. The fraction of sp³-hybridized carbons (Fsp3) is 0.136. The highest BCUT2D eigenvalue weighted by Gasteiger charge is 2.18. The van der Waals surface area contributed by atoms with Crippen LogP contribution in [0.2, 0.25) is 0 Å². The van der Waals surface area contributed by atoms with Crippen molar-refractivity contribution < 1.29 is 18.4 Å². The first-order chi connectivity index (χ1) is 13.8. The highest BCUT2D eigenvalue weighted by molar-refractivity contribution is 7.14. The van der Waals surface area contributed by atoms with Gasteiger partial charge in [0.05, 0.1) is 16.9 Å². The maximum Gasteiger partial charge on any atom is 0.230 e. The summed E-state index contributed by atoms with van der Waals surface area (Å²) >= 11 is 1.25. The van der Waals surface area contributed by atoms with Crippen LogP contribution in [0.25, 0.3) is 6.08 Å². The topological polar surface area (TPSA) is 50.3 Å². The van der Waals surface area contributed by atoms with Crippen molar-refractivity contribution in [1.29, 1.82) is 0 Å². The lowest BCUT2D eigenvalue weighted by Crippen LogP contribution is -2.22. The molecule has 0 saturated carbocycles. The average Bonchev–Trinajstić information content (AvgIpc) is 3.11. The van der Waals surface area contributed by atoms with Crippen LogP contribution in [0.3, 0.4) is 0 Å². The van der Waals surface area contributed by atoms with Gasteiger partial charge in [-0.3, -0.25) is 14.5 Å². The van der Waals surface area contributed by atoms with Gasteiger partial charge >= 0.3 is 0 Å². The van der Waals surface area contributed by atoms with Crippen LogP contribution in [0, 0.1) is 25.5 Å². The molecule has 3 aromatic rings. The van der Waals surface area contributed by atoms with Gasteiger partial charge in [0.15, 0.2) is 10.9 Å². The zero-order valence-electron chi connectivity index (χ0n) is 16.1. The molecule has 0 fully saturated rings. The molecule has 2 aromatic carbocycles. The Kier molecular flexibility index (Phi) is 5.98. The Morgan fingerprint density at radius 2 is 1.83 bits per heavy atom. The van der Waals surface area contributed by atoms with E-state index in [1.54, 1.807) is 5.38 Å². The molecule has 0 unspecified atom stereocenters. The third kappa shape index (κ3) is 4.63. The van der Waals surface area contributed by atoms with Crippen molar-refractivity contribution >= 4 is 39.9 Å². The van der Waals surface area contributed by atoms with Crippen molar-refractivity contribution in [3.8, 4) is 0 Å². The molecule has 0 aliphatic carbocycles. The van der Waals surface area contributed by atoms with E-state index in [0.29, 0.717) is 22.6 Å². The predicted molar refractivity (Wildman–Crippen MR) is 111 cm³/mol. The Hall–Kier alpha value is -3.19. The van der Waals surface area contributed by atoms with Gasteiger partial charge in [-0.05, 0) is 61.4 Å². The number of amides is 1. The van der Waals surface area contributed by atoms with Gasteiger partial charge in [0, 0.05) is 18.4 Å². The molecule has 1 aromatic heterocycles. The van der Waals surface area contributed by atoms with Gasteiger partial charge in [0.2, 0.25) is 5.91 Å². The summed E-state index contributed by atoms with van der Waals surface area (Å²) in [6.07, 6.45) is 2.60. The van der Waals surface area contributed by atoms with Crippen LogP contribution in [0.5, 0.6) is 0 Å². The second-order valence-corrected chi connectivity index (χ2v) is 7.34. The third-order valence-electron chi connectivity index (χ3n) is 4.37. The Morgan fingerprint density at radius 1 is 1.07 bits per heavy atom. The first-order valence-electron chi connectivity index (χ1n) is 8.77. The number of allylic oxidation sites excluding steroid dienone is 1. The number of aryl methyl sites for hydroxylation is 2. The minimum absolute atomic E-state index is 0.192. The summed E-state index contributed by atoms with van der Waals surface area (Å²) in [5.41, 5.74) is 3.10. The SMILES string of the molecule is CC(=O)N(c1ccc(C)c(C)c1)c1nc(/C=C/C(=O)c2ccc(F)cc2F)cs1. The molecule has 0 aliphatic heterocycles. The summed E-state index contributed by atoms with van der Waals surface area (Å²) in [4.78, 5) is 30.3. The van der Waals surface area contributed by atoms with E-state index in [-0.39, 0.29) is 11.5 Å². The molecule has 4 nitrogen and oxygen atoms in total. The molecule has 148 valence electrons. The predicted octanol–water partition coefficient (Wildman–Crippen LogP) is 5.62. The summed E-state index contributed by atoms with van der Waals surface area (Å²) in [6, 6.07) is 8.48. The van der Waals surface area contributed by atoms with Crippen LogP contribution in [0.1, 0.15) is 34.1 Å². The molecular weight excluding hydrogens is 394 g/mol. The largest absolute Gasteiger partial charge is 0.289 e. The number of carbonyl (C=O) groups excluding carboxylic acids is 2. The molecule has 0 saturated heterocycles. The molecule has 7 heteroatoms. The lowest BCUT2D eigenvalue weighted by Gasteiger charge is -2.19. The van der Waals surface area contributed by atoms with Crippen LogP contribution in [0.4, 0.5) is 19.6 Å². The molecule has 1 heterocycles. The van der Waals surface area contributed by atoms with E-state index in [1.807, 2.05) is 32.0 Å². The van der Waals surface area contributed by atoms with Crippen LogP contribution in [-0.4, -0.2) is 16.7 Å². The van der Waals surface area contributed by atoms with E-state index in [0.717, 1.165) is 23.3 Å². The number of rotatable bonds is 5. The van der Waals surface area contributed by atoms with E-state index in [9.17, 15) is 18.4 Å². The third-order valence-corrected chi connectivity index (χ3v) is 5.21. The molecule has 0 N–H and O–H groups in total. The summed E-state index contributed by atoms with van der Waals surface area (Å²) < 4.78 is 26.7. The fourth-order valence-electron chi connectivity index (χ4n) is 2.69. The Morgan fingerprint density at radius 3 is 2.48 bits per heavy atom. The van der Waals surface area contributed by atoms with Crippen LogP contribution < -0.4 is 4.90 Å². The standard InChI is InChI=1S/C22H18F2N2O2S/c1-13-4-7-18(10-14(13)2)26(15(3)27)22-25-17(12-29-22)6-9-21(28)19-8-5-16(23)11-20(19)24/h4-12H,1-3H3/b9-6+. The van der Waals surface area contributed by atoms with Crippen molar-refractivity contribution in [3.05, 3.63) is 81.9 Å². The summed E-state index contributed by atoms with van der Waals surface area (Å²) in [6.45, 7) is 5.41. The van der Waals surface area contributed by atoms with E-state index >= 15 is 0 Å². The number of hydrogen-bond acceptors (Lipinski definition) is 4. The number of ketones is 1. The van der Waals surface area contributed by atoms with Gasteiger partial charge in [0.1, 0.15) is 11.6 Å². The van der Waals surface area contributed by atoms with E-state index in [1.165, 1.54) is 35.3 Å². The molecular formula is C22H18F2N2O2S. The van der Waals surface area contributed by atoms with Gasteiger partial charge in [-0.1, -0.05) is 6.07 Å². The summed E-state index contributed by atoms with van der Waals surface area (Å²) in [5.74, 6) is -2.46. The van der Waals surface area contributed by atoms with E-state index < -0.39 is 17.4 Å². The normalized spacial score (nSPS) is 11.1. The lowest BCUT2D eigenvalue weighted by molar-refractivity contribution is -0.115. The number of hydrogen-bond donors (Lipinski definition) is 0. The van der Waals surface area contributed by atoms with Gasteiger partial charge in [-0.25, -0.2) is 13.8 Å². The minimum Gasteiger partial charge on any atom is -0.289 e. The number of halogens is 2. The average molecular weight is 412 g/mol. The Labute approximate surface area is 171 Å². The minimum atomic E-state index is -0.920. The molecule has 0 atom stereocenters. The molecule has 0 radical (unpaired) electrons. The van der Waals surface area contributed by atoms with Gasteiger partial charge < -0.3 is 0 Å². The molecule has 0 bridgehead atoms. The zero-order valence-corrected chi connectivity index (χ0v) is 16.9. The highest BCUT2D eigenvalue weighted by atomic mass is 32.1. The maximum atomic E-state index is 13.7. The van der Waals surface area contributed by atoms with Crippen molar-refractivity contribution in [2.24, 2.45) is 0 Å². The van der Waals surface area contributed by atoms with Gasteiger partial charge in [0.25, 0.3) is 0 Å². The molecule has 1 amide bonds. The maximum absolute atomic E-state index is 13.7. The fourth-order valence-corrected chi connectivity index (χ4v) is 3.54. The number of thiazole rings is 1. The number of benzene rings is 2. The number of nitrogens with zero attached hydrogens (tertiary/aromatic N) is 2. The molecule has 29 heavy (non-hydrogen) atoms.